The van der Waals surface area contributed by atoms with E-state index in [1.54, 1.807) is 4.90 Å². The first-order valence-corrected chi connectivity index (χ1v) is 9.86. The van der Waals surface area contributed by atoms with Crippen LogP contribution in [0.2, 0.25) is 0 Å². The molecule has 7 nitrogen and oxygen atoms in total. The number of morpholine rings is 1. The van der Waals surface area contributed by atoms with Crippen molar-refractivity contribution in [3.8, 4) is 0 Å². The summed E-state index contributed by atoms with van der Waals surface area (Å²) in [6.07, 6.45) is 1.93. The van der Waals surface area contributed by atoms with Gasteiger partial charge in [-0.15, -0.1) is 0 Å². The van der Waals surface area contributed by atoms with Crippen molar-refractivity contribution in [3.63, 3.8) is 0 Å². The molecule has 2 saturated heterocycles. The minimum absolute atomic E-state index is 0.00457. The normalized spacial score (nSPS) is 21.8. The van der Waals surface area contributed by atoms with Crippen molar-refractivity contribution in [3.05, 3.63) is 35.4 Å². The highest BCUT2D eigenvalue weighted by atomic mass is 16.5. The summed E-state index contributed by atoms with van der Waals surface area (Å²) in [5.41, 5.74) is 1.89. The van der Waals surface area contributed by atoms with E-state index in [0.29, 0.717) is 39.2 Å². The molecule has 3 amide bonds. The number of benzene rings is 1. The van der Waals surface area contributed by atoms with E-state index >= 15 is 0 Å². The van der Waals surface area contributed by atoms with Crippen LogP contribution in [0.25, 0.3) is 0 Å². The summed E-state index contributed by atoms with van der Waals surface area (Å²) in [5, 5.41) is 2.55. The summed E-state index contributed by atoms with van der Waals surface area (Å²) in [6, 6.07) is 8.26. The van der Waals surface area contributed by atoms with Crippen LogP contribution in [0.15, 0.2) is 24.3 Å². The second-order valence-electron chi connectivity index (χ2n) is 7.81. The van der Waals surface area contributed by atoms with Gasteiger partial charge in [-0.1, -0.05) is 29.8 Å². The van der Waals surface area contributed by atoms with Gasteiger partial charge in [-0.3, -0.25) is 14.4 Å². The van der Waals surface area contributed by atoms with Gasteiger partial charge in [0, 0.05) is 26.4 Å². The van der Waals surface area contributed by atoms with Gasteiger partial charge >= 0.3 is 0 Å². The van der Waals surface area contributed by atoms with Gasteiger partial charge in [0.1, 0.15) is 5.60 Å². The van der Waals surface area contributed by atoms with Crippen molar-refractivity contribution in [2.24, 2.45) is 0 Å². The van der Waals surface area contributed by atoms with E-state index in [4.69, 9.17) is 4.74 Å². The summed E-state index contributed by atoms with van der Waals surface area (Å²) >= 11 is 0. The molecule has 0 aliphatic carbocycles. The van der Waals surface area contributed by atoms with Crippen LogP contribution in [0.5, 0.6) is 0 Å². The molecule has 7 heteroatoms. The van der Waals surface area contributed by atoms with E-state index in [2.05, 4.69) is 29.6 Å². The van der Waals surface area contributed by atoms with Crippen LogP contribution in [0.4, 0.5) is 0 Å². The van der Waals surface area contributed by atoms with E-state index in [-0.39, 0.29) is 24.3 Å². The number of amides is 3. The van der Waals surface area contributed by atoms with E-state index < -0.39 is 5.60 Å². The molecule has 0 saturated carbocycles. The van der Waals surface area contributed by atoms with E-state index in [1.807, 2.05) is 11.8 Å². The van der Waals surface area contributed by atoms with Gasteiger partial charge in [-0.25, -0.2) is 0 Å². The molecule has 0 aromatic heterocycles. The van der Waals surface area contributed by atoms with Crippen LogP contribution in [0.3, 0.4) is 0 Å². The molecular formula is C21H29N3O4. The van der Waals surface area contributed by atoms with Crippen LogP contribution in [0, 0.1) is 6.92 Å². The molecular weight excluding hydrogens is 358 g/mol. The Bertz CT molecular complexity index is 734. The number of hydrogen-bond acceptors (Lipinski definition) is 4. The largest absolute Gasteiger partial charge is 0.369 e. The van der Waals surface area contributed by atoms with Gasteiger partial charge in [-0.2, -0.15) is 0 Å². The van der Waals surface area contributed by atoms with Crippen LogP contribution in [-0.4, -0.2) is 72.5 Å². The van der Waals surface area contributed by atoms with E-state index in [0.717, 1.165) is 18.4 Å². The highest BCUT2D eigenvalue weighted by Crippen LogP contribution is 2.30. The van der Waals surface area contributed by atoms with Gasteiger partial charge in [0.2, 0.25) is 17.7 Å². The number of nitrogens with one attached hydrogen (secondary N) is 1. The Hall–Kier alpha value is -2.41. The van der Waals surface area contributed by atoms with Crippen LogP contribution in [-0.2, 0) is 25.5 Å². The second kappa shape index (κ2) is 8.73. The first-order chi connectivity index (χ1) is 13.4. The van der Waals surface area contributed by atoms with Crippen LogP contribution < -0.4 is 5.32 Å². The van der Waals surface area contributed by atoms with E-state index in [9.17, 15) is 14.4 Å². The third-order valence-electron chi connectivity index (χ3n) is 5.51. The highest BCUT2D eigenvalue weighted by molar-refractivity contribution is 5.83. The maximum absolute atomic E-state index is 12.6. The standard InChI is InChI=1S/C21H29N3O4/c1-16-3-5-18(6-4-16)7-8-19(26)23-10-9-21(14-23)15-24(11-12-28-21)20(27)13-22-17(2)25/h3-6H,7-15H2,1-2H3,(H,22,25). The average Bonchev–Trinajstić information content (AvgIpc) is 3.08. The molecule has 1 atom stereocenters. The lowest BCUT2D eigenvalue weighted by atomic mass is 10.0. The Balaban J connectivity index is 1.51. The summed E-state index contributed by atoms with van der Waals surface area (Å²) in [7, 11) is 0. The average molecular weight is 387 g/mol. The first kappa shape index (κ1) is 20.3. The first-order valence-electron chi connectivity index (χ1n) is 9.86. The fourth-order valence-corrected chi connectivity index (χ4v) is 3.84. The monoisotopic (exact) mass is 387 g/mol. The van der Waals surface area contributed by atoms with Gasteiger partial charge in [0.15, 0.2) is 0 Å². The number of aryl methyl sites for hydroxylation is 2. The maximum Gasteiger partial charge on any atom is 0.242 e. The Morgan fingerprint density at radius 2 is 1.75 bits per heavy atom. The minimum atomic E-state index is -0.482. The molecule has 0 radical (unpaired) electrons. The van der Waals surface area contributed by atoms with E-state index in [1.165, 1.54) is 12.5 Å². The Morgan fingerprint density at radius 1 is 1.07 bits per heavy atom. The van der Waals surface area contributed by atoms with Crippen molar-refractivity contribution >= 4 is 17.7 Å². The quantitative estimate of drug-likeness (QED) is 0.814. The lowest BCUT2D eigenvalue weighted by molar-refractivity contribution is -0.149. The fourth-order valence-electron chi connectivity index (χ4n) is 3.84. The zero-order valence-corrected chi connectivity index (χ0v) is 16.7. The number of carbonyl (C=O) groups is 3. The van der Waals surface area contributed by atoms with Crippen molar-refractivity contribution in [2.45, 2.75) is 38.7 Å². The van der Waals surface area contributed by atoms with Gasteiger partial charge in [0.05, 0.1) is 26.2 Å². The number of carbonyl (C=O) groups excluding carboxylic acids is 3. The Kier molecular flexibility index (Phi) is 6.34. The molecule has 0 bridgehead atoms. The molecule has 2 aliphatic rings. The Labute approximate surface area is 166 Å². The molecule has 3 rings (SSSR count). The lowest BCUT2D eigenvalue weighted by Gasteiger charge is -2.40. The molecule has 2 fully saturated rings. The Morgan fingerprint density at radius 3 is 2.43 bits per heavy atom. The molecule has 1 spiro atoms. The SMILES string of the molecule is CC(=O)NCC(=O)N1CCOC2(CCN(C(=O)CCc3ccc(C)cc3)C2)C1. The van der Waals surface area contributed by atoms with Crippen LogP contribution in [0.1, 0.15) is 30.9 Å². The second-order valence-corrected chi connectivity index (χ2v) is 7.81. The summed E-state index contributed by atoms with van der Waals surface area (Å²) < 4.78 is 6.01. The number of hydrogen-bond donors (Lipinski definition) is 1. The lowest BCUT2D eigenvalue weighted by Crippen LogP contribution is -2.56. The highest BCUT2D eigenvalue weighted by Gasteiger charge is 2.44. The van der Waals surface area contributed by atoms with Crippen molar-refractivity contribution in [1.82, 2.24) is 15.1 Å². The van der Waals surface area contributed by atoms with Crippen molar-refractivity contribution in [2.75, 3.05) is 39.3 Å². The molecule has 1 N–H and O–H groups in total. The molecule has 1 unspecified atom stereocenters. The van der Waals surface area contributed by atoms with Gasteiger partial charge in [-0.05, 0) is 25.3 Å². The predicted octanol–water partition coefficient (Wildman–Crippen LogP) is 0.894. The van der Waals surface area contributed by atoms with Gasteiger partial charge in [0.25, 0.3) is 0 Å². The topological polar surface area (TPSA) is 79.0 Å². The third-order valence-corrected chi connectivity index (χ3v) is 5.51. The van der Waals surface area contributed by atoms with Gasteiger partial charge < -0.3 is 19.9 Å². The zero-order chi connectivity index (χ0) is 20.1. The fraction of sp³-hybridized carbons (Fsp3) is 0.571. The van der Waals surface area contributed by atoms with Crippen LogP contribution >= 0.6 is 0 Å². The summed E-state index contributed by atoms with van der Waals surface area (Å²) in [4.78, 5) is 39.6. The molecule has 1 aromatic rings. The number of nitrogens with zero attached hydrogens (tertiary/aromatic N) is 2. The molecule has 1 aromatic carbocycles. The minimum Gasteiger partial charge on any atom is -0.369 e. The molecule has 152 valence electrons. The summed E-state index contributed by atoms with van der Waals surface area (Å²) in [5.74, 6) is -0.202. The van der Waals surface area contributed by atoms with Crippen molar-refractivity contribution < 1.29 is 19.1 Å². The number of ether oxygens (including phenoxy) is 1. The molecule has 2 aliphatic heterocycles. The third kappa shape index (κ3) is 5.10. The summed E-state index contributed by atoms with van der Waals surface area (Å²) in [6.45, 7) is 6.05. The van der Waals surface area contributed by atoms with Crippen molar-refractivity contribution in [1.29, 1.82) is 0 Å². The maximum atomic E-state index is 12.6. The molecule has 28 heavy (non-hydrogen) atoms. The predicted molar refractivity (Wildman–Crippen MR) is 105 cm³/mol. The molecule has 2 heterocycles. The smallest absolute Gasteiger partial charge is 0.242 e. The number of likely N-dealkylation sites (tertiary alicyclic amines) is 1. The number of rotatable bonds is 5. The zero-order valence-electron chi connectivity index (χ0n) is 16.7.